The zero-order chi connectivity index (χ0) is 15.4. The number of nitrogens with zero attached hydrogens (tertiary/aromatic N) is 1. The highest BCUT2D eigenvalue weighted by Gasteiger charge is 2.44. The van der Waals surface area contributed by atoms with Crippen LogP contribution < -0.4 is 10.4 Å². The molecule has 2 aliphatic rings. The van der Waals surface area contributed by atoms with E-state index < -0.39 is 18.5 Å². The van der Waals surface area contributed by atoms with Crippen LogP contribution in [0.15, 0.2) is 24.5 Å². The summed E-state index contributed by atoms with van der Waals surface area (Å²) in [6, 6.07) is 3.11. The lowest BCUT2D eigenvalue weighted by atomic mass is 9.77. The molecule has 1 aromatic rings. The van der Waals surface area contributed by atoms with Crippen LogP contribution in [0, 0.1) is 5.82 Å². The van der Waals surface area contributed by atoms with E-state index in [9.17, 15) is 9.18 Å². The largest absolute Gasteiger partial charge is 0.566 e. The molecule has 0 spiro atoms. The molecule has 6 heteroatoms. The van der Waals surface area contributed by atoms with Crippen LogP contribution in [0.25, 0.3) is 0 Å². The maximum absolute atomic E-state index is 14.4. The smallest absolute Gasteiger partial charge is 0.534 e. The van der Waals surface area contributed by atoms with Gasteiger partial charge in [0, 0.05) is 24.6 Å². The van der Waals surface area contributed by atoms with Gasteiger partial charge in [0.25, 0.3) is 0 Å². The van der Waals surface area contributed by atoms with Gasteiger partial charge < -0.3 is 14.2 Å². The third-order valence-corrected chi connectivity index (χ3v) is 4.12. The molecule has 1 fully saturated rings. The summed E-state index contributed by atoms with van der Waals surface area (Å²) in [6.07, 6.45) is 1.03. The van der Waals surface area contributed by atoms with Crippen LogP contribution in [0.1, 0.15) is 25.8 Å². The molecule has 110 valence electrons. The highest BCUT2D eigenvalue weighted by atomic mass is 19.1. The highest BCUT2D eigenvalue weighted by Crippen LogP contribution is 2.31. The summed E-state index contributed by atoms with van der Waals surface area (Å²) < 4.78 is 25.7. The maximum atomic E-state index is 14.4. The maximum Gasteiger partial charge on any atom is 0.566 e. The second kappa shape index (κ2) is 4.60. The van der Waals surface area contributed by atoms with E-state index in [-0.39, 0.29) is 5.91 Å². The lowest BCUT2D eigenvalue weighted by Crippen LogP contribution is -2.39. The van der Waals surface area contributed by atoms with Gasteiger partial charge in [0.1, 0.15) is 11.4 Å². The van der Waals surface area contributed by atoms with Gasteiger partial charge in [0.15, 0.2) is 0 Å². The second-order valence-electron chi connectivity index (χ2n) is 5.96. The number of halogens is 1. The van der Waals surface area contributed by atoms with Gasteiger partial charge in [-0.3, -0.25) is 4.79 Å². The fourth-order valence-corrected chi connectivity index (χ4v) is 2.62. The average Bonchev–Trinajstić information content (AvgIpc) is 2.68. The Morgan fingerprint density at radius 2 is 2.10 bits per heavy atom. The molecule has 0 radical (unpaired) electrons. The van der Waals surface area contributed by atoms with Crippen LogP contribution in [0.5, 0.6) is 0 Å². The van der Waals surface area contributed by atoms with E-state index in [4.69, 9.17) is 9.31 Å². The Kier molecular flexibility index (Phi) is 3.09. The molecular weight excluding hydrogens is 272 g/mol. The highest BCUT2D eigenvalue weighted by molar-refractivity contribution is 6.62. The second-order valence-corrected chi connectivity index (χ2v) is 5.96. The Bertz CT molecular complexity index is 644. The number of carbonyl (C=O) groups excluding carboxylic acids is 1. The number of hydrogen-bond acceptors (Lipinski definition) is 3. The molecule has 1 saturated heterocycles. The molecule has 0 saturated carbocycles. The minimum Gasteiger partial charge on any atom is -0.534 e. The van der Waals surface area contributed by atoms with Crippen LogP contribution in [0.3, 0.4) is 0 Å². The van der Waals surface area contributed by atoms with E-state index >= 15 is 0 Å². The third-order valence-electron chi connectivity index (χ3n) is 4.12. The Balaban J connectivity index is 1.99. The first-order chi connectivity index (χ1) is 9.79. The first-order valence-corrected chi connectivity index (χ1v) is 6.92. The van der Waals surface area contributed by atoms with Gasteiger partial charge in [-0.05, 0) is 31.9 Å². The minimum absolute atomic E-state index is 0.00229. The van der Waals surface area contributed by atoms with Gasteiger partial charge in [-0.25, -0.2) is 4.39 Å². The van der Waals surface area contributed by atoms with E-state index in [1.54, 1.807) is 13.1 Å². The fraction of sp³-hybridized carbons (Fsp3) is 0.400. The van der Waals surface area contributed by atoms with Crippen molar-refractivity contribution in [3.8, 4) is 0 Å². The van der Waals surface area contributed by atoms with Crippen molar-refractivity contribution in [2.75, 3.05) is 11.9 Å². The van der Waals surface area contributed by atoms with Crippen molar-refractivity contribution in [1.82, 2.24) is 0 Å². The summed E-state index contributed by atoms with van der Waals surface area (Å²) in [4.78, 5) is 13.2. The average molecular weight is 289 g/mol. The number of fused-ring (bicyclic) bond motifs is 1. The molecule has 4 nitrogen and oxygen atoms in total. The molecule has 1 aromatic carbocycles. The lowest BCUT2D eigenvalue weighted by molar-refractivity contribution is -0.118. The summed E-state index contributed by atoms with van der Waals surface area (Å²) in [5.41, 5.74) is 1.25. The van der Waals surface area contributed by atoms with Crippen LogP contribution in [-0.2, 0) is 20.5 Å². The van der Waals surface area contributed by atoms with E-state index in [0.29, 0.717) is 29.8 Å². The molecule has 0 aromatic heterocycles. The quantitative estimate of drug-likeness (QED) is 0.740. The number of aryl methyl sites for hydroxylation is 1. The summed E-state index contributed by atoms with van der Waals surface area (Å²) in [7, 11) is 0.869. The molecule has 3 rings (SSSR count). The zero-order valence-electron chi connectivity index (χ0n) is 12.4. The molecule has 1 amide bonds. The zero-order valence-corrected chi connectivity index (χ0v) is 12.4. The van der Waals surface area contributed by atoms with Crippen molar-refractivity contribution in [3.63, 3.8) is 0 Å². The Morgan fingerprint density at radius 1 is 1.38 bits per heavy atom. The molecule has 2 aliphatic heterocycles. The molecular formula is C15H17BFNO3. The standard InChI is InChI=1S/C15H17BFNO3/c1-9-15(2,3)21-16(20-9)11-7-10-5-6-14(19)18(4)13(10)8-12(11)17/h7-8H,1,5-6H2,2-4H3. The number of benzene rings is 1. The van der Waals surface area contributed by atoms with Crippen molar-refractivity contribution in [2.24, 2.45) is 0 Å². The first-order valence-electron chi connectivity index (χ1n) is 6.92. The van der Waals surface area contributed by atoms with Crippen molar-refractivity contribution < 1.29 is 18.5 Å². The molecule has 2 heterocycles. The monoisotopic (exact) mass is 289 g/mol. The summed E-state index contributed by atoms with van der Waals surface area (Å²) in [5.74, 6) is 0.0419. The van der Waals surface area contributed by atoms with E-state index in [0.717, 1.165) is 5.56 Å². The molecule has 21 heavy (non-hydrogen) atoms. The lowest BCUT2D eigenvalue weighted by Gasteiger charge is -2.26. The fourth-order valence-electron chi connectivity index (χ4n) is 2.62. The van der Waals surface area contributed by atoms with Crippen LogP contribution in [0.4, 0.5) is 10.1 Å². The molecule has 0 atom stereocenters. The number of anilines is 1. The molecule has 0 unspecified atom stereocenters. The van der Waals surface area contributed by atoms with E-state index in [1.165, 1.54) is 11.0 Å². The summed E-state index contributed by atoms with van der Waals surface area (Å²) in [6.45, 7) is 7.46. The SMILES string of the molecule is C=C1OB(c2cc3c(cc2F)N(C)C(=O)CC3)OC1(C)C. The number of hydrogen-bond donors (Lipinski definition) is 0. The van der Waals surface area contributed by atoms with Gasteiger partial charge in [0.2, 0.25) is 5.91 Å². The van der Waals surface area contributed by atoms with Gasteiger partial charge >= 0.3 is 7.12 Å². The van der Waals surface area contributed by atoms with Gasteiger partial charge in [0.05, 0.1) is 5.76 Å². The summed E-state index contributed by atoms with van der Waals surface area (Å²) in [5, 5.41) is 0. The third kappa shape index (κ3) is 2.23. The summed E-state index contributed by atoms with van der Waals surface area (Å²) >= 11 is 0. The first kappa shape index (κ1) is 14.1. The van der Waals surface area contributed by atoms with Crippen molar-refractivity contribution in [3.05, 3.63) is 35.9 Å². The molecule has 0 N–H and O–H groups in total. The van der Waals surface area contributed by atoms with Gasteiger partial charge in [-0.1, -0.05) is 12.6 Å². The van der Waals surface area contributed by atoms with Crippen LogP contribution in [0.2, 0.25) is 0 Å². The van der Waals surface area contributed by atoms with Crippen molar-refractivity contribution >= 4 is 24.2 Å². The van der Waals surface area contributed by atoms with Crippen molar-refractivity contribution in [1.29, 1.82) is 0 Å². The topological polar surface area (TPSA) is 38.8 Å². The predicted octanol–water partition coefficient (Wildman–Crippen LogP) is 1.77. The van der Waals surface area contributed by atoms with E-state index in [2.05, 4.69) is 6.58 Å². The number of carbonyl (C=O) groups is 1. The van der Waals surface area contributed by atoms with Gasteiger partial charge in [-0.2, -0.15) is 0 Å². The van der Waals surface area contributed by atoms with E-state index in [1.807, 2.05) is 13.8 Å². The molecule has 0 aliphatic carbocycles. The van der Waals surface area contributed by atoms with Gasteiger partial charge in [-0.15, -0.1) is 0 Å². The number of amides is 1. The normalized spacial score (nSPS) is 20.6. The van der Waals surface area contributed by atoms with Crippen LogP contribution in [-0.4, -0.2) is 25.7 Å². The minimum atomic E-state index is -0.791. The Labute approximate surface area is 123 Å². The number of rotatable bonds is 1. The predicted molar refractivity (Wildman–Crippen MR) is 78.9 cm³/mol. The Hall–Kier alpha value is -1.82. The Morgan fingerprint density at radius 3 is 2.71 bits per heavy atom. The van der Waals surface area contributed by atoms with Crippen LogP contribution >= 0.6 is 0 Å². The molecule has 0 bridgehead atoms. The van der Waals surface area contributed by atoms with Crippen molar-refractivity contribution in [2.45, 2.75) is 32.3 Å².